The number of fused-ring (bicyclic) bond motifs is 1. The van der Waals surface area contributed by atoms with Gasteiger partial charge in [0.25, 0.3) is 5.91 Å². The Hall–Kier alpha value is -3.61. The Kier molecular flexibility index (Phi) is 6.33. The lowest BCUT2D eigenvalue weighted by molar-refractivity contribution is -0.131. The van der Waals surface area contributed by atoms with Crippen molar-refractivity contribution < 1.29 is 18.0 Å². The number of benzene rings is 1. The van der Waals surface area contributed by atoms with Crippen molar-refractivity contribution in [2.45, 2.75) is 48.6 Å². The zero-order valence-corrected chi connectivity index (χ0v) is 20.3. The largest absolute Gasteiger partial charge is 0.390 e. The van der Waals surface area contributed by atoms with Gasteiger partial charge in [-0.3, -0.25) is 4.79 Å². The van der Waals surface area contributed by atoms with Gasteiger partial charge in [-0.2, -0.15) is 18.3 Å². The molecule has 0 radical (unpaired) electrons. The van der Waals surface area contributed by atoms with Crippen LogP contribution in [-0.2, 0) is 7.05 Å². The first-order valence-electron chi connectivity index (χ1n) is 11.3. The summed E-state index contributed by atoms with van der Waals surface area (Å²) in [6.07, 6.45) is -0.0835. The van der Waals surface area contributed by atoms with Crippen LogP contribution >= 0.6 is 11.8 Å². The van der Waals surface area contributed by atoms with Crippen molar-refractivity contribution in [2.75, 3.05) is 11.9 Å². The minimum Gasteiger partial charge on any atom is -0.382 e. The van der Waals surface area contributed by atoms with Gasteiger partial charge in [-0.05, 0) is 55.3 Å². The Morgan fingerprint density at radius 2 is 2.06 bits per heavy atom. The van der Waals surface area contributed by atoms with Crippen LogP contribution in [0.4, 0.5) is 18.9 Å². The monoisotopic (exact) mass is 516 g/mol. The summed E-state index contributed by atoms with van der Waals surface area (Å²) < 4.78 is 41.6. The Labute approximate surface area is 208 Å². The predicted molar refractivity (Wildman–Crippen MR) is 128 cm³/mol. The minimum atomic E-state index is -4.28. The van der Waals surface area contributed by atoms with Crippen molar-refractivity contribution >= 4 is 29.0 Å². The molecule has 0 saturated heterocycles. The molecule has 1 aliphatic carbocycles. The van der Waals surface area contributed by atoms with Crippen LogP contribution in [0.25, 0.3) is 16.9 Å². The number of nitrogens with zero attached hydrogens (tertiary/aromatic N) is 6. The molecule has 0 aliphatic heterocycles. The molecule has 1 amide bonds. The molecular weight excluding hydrogens is 493 g/mol. The van der Waals surface area contributed by atoms with E-state index in [2.05, 4.69) is 30.9 Å². The summed E-state index contributed by atoms with van der Waals surface area (Å²) in [5, 5.41) is 19.5. The molecule has 0 unspecified atom stereocenters. The van der Waals surface area contributed by atoms with Gasteiger partial charge in [0.2, 0.25) is 0 Å². The molecule has 188 valence electrons. The third kappa shape index (κ3) is 5.30. The van der Waals surface area contributed by atoms with Crippen molar-refractivity contribution in [3.05, 3.63) is 47.9 Å². The van der Waals surface area contributed by atoms with Crippen LogP contribution in [0.2, 0.25) is 0 Å². The quantitative estimate of drug-likeness (QED) is 0.361. The highest BCUT2D eigenvalue weighted by molar-refractivity contribution is 7.99. The smallest absolute Gasteiger partial charge is 0.382 e. The SMILES string of the molecule is Cc1cc(-c2cnc3c(NCCC(F)(F)F)cc(Sc4nncn4C)nn23)ccc1C(=O)NC1CC1. The first-order valence-corrected chi connectivity index (χ1v) is 12.1. The molecule has 2 N–H and O–H groups in total. The van der Waals surface area contributed by atoms with Gasteiger partial charge in [0, 0.05) is 30.8 Å². The van der Waals surface area contributed by atoms with Crippen molar-refractivity contribution in [2.24, 2.45) is 7.05 Å². The Bertz CT molecular complexity index is 1430. The van der Waals surface area contributed by atoms with E-state index in [0.29, 0.717) is 32.8 Å². The van der Waals surface area contributed by atoms with Gasteiger partial charge in [0.15, 0.2) is 10.8 Å². The number of imidazole rings is 1. The molecule has 36 heavy (non-hydrogen) atoms. The van der Waals surface area contributed by atoms with Crippen LogP contribution in [0.15, 0.2) is 47.0 Å². The molecule has 3 heterocycles. The van der Waals surface area contributed by atoms with Gasteiger partial charge in [-0.1, -0.05) is 6.07 Å². The lowest BCUT2D eigenvalue weighted by atomic mass is 10.0. The zero-order chi connectivity index (χ0) is 25.4. The highest BCUT2D eigenvalue weighted by atomic mass is 32.2. The number of rotatable bonds is 8. The molecule has 0 atom stereocenters. The van der Waals surface area contributed by atoms with Crippen molar-refractivity contribution in [1.82, 2.24) is 34.7 Å². The van der Waals surface area contributed by atoms with Gasteiger partial charge < -0.3 is 15.2 Å². The maximum atomic E-state index is 12.8. The lowest BCUT2D eigenvalue weighted by Gasteiger charge is -2.12. The van der Waals surface area contributed by atoms with Gasteiger partial charge in [-0.15, -0.1) is 10.2 Å². The Balaban J connectivity index is 1.51. The van der Waals surface area contributed by atoms with Crippen LogP contribution in [0.1, 0.15) is 35.2 Å². The molecule has 1 saturated carbocycles. The third-order valence-corrected chi connectivity index (χ3v) is 6.68. The fraction of sp³-hybridized carbons (Fsp3) is 0.348. The fourth-order valence-electron chi connectivity index (χ4n) is 3.69. The lowest BCUT2D eigenvalue weighted by Crippen LogP contribution is -2.26. The highest BCUT2D eigenvalue weighted by Crippen LogP contribution is 2.31. The van der Waals surface area contributed by atoms with Gasteiger partial charge >= 0.3 is 6.18 Å². The number of anilines is 1. The average Bonchev–Trinajstić information content (AvgIpc) is 3.37. The number of hydrogen-bond acceptors (Lipinski definition) is 7. The molecule has 1 fully saturated rings. The third-order valence-electron chi connectivity index (χ3n) is 5.71. The van der Waals surface area contributed by atoms with E-state index < -0.39 is 12.6 Å². The molecule has 4 aromatic rings. The predicted octanol–water partition coefficient (Wildman–Crippen LogP) is 4.24. The second-order valence-corrected chi connectivity index (χ2v) is 9.66. The van der Waals surface area contributed by atoms with Crippen LogP contribution in [0.3, 0.4) is 0 Å². The van der Waals surface area contributed by atoms with Gasteiger partial charge in [0.05, 0.1) is 24.0 Å². The van der Waals surface area contributed by atoms with Gasteiger partial charge in [-0.25, -0.2) is 9.50 Å². The first-order chi connectivity index (χ1) is 17.2. The summed E-state index contributed by atoms with van der Waals surface area (Å²) in [5.41, 5.74) is 3.62. The summed E-state index contributed by atoms with van der Waals surface area (Å²) in [7, 11) is 1.79. The molecule has 1 aromatic carbocycles. The van der Waals surface area contributed by atoms with Crippen molar-refractivity contribution in [3.63, 3.8) is 0 Å². The van der Waals surface area contributed by atoms with E-state index in [4.69, 9.17) is 0 Å². The standard InChI is InChI=1S/C23H23F3N8OS/c1-13-9-14(3-6-16(13)21(35)30-15-4-5-15)18-11-28-20-17(27-8-7-23(24,25)26)10-19(32-34(18)20)36-22-31-29-12-33(22)2/h3,6,9-12,15,27H,4-5,7-8H2,1-2H3,(H,30,35). The number of nitrogens with one attached hydrogen (secondary N) is 2. The Morgan fingerprint density at radius 1 is 1.25 bits per heavy atom. The maximum absolute atomic E-state index is 12.8. The van der Waals surface area contributed by atoms with Crippen LogP contribution < -0.4 is 10.6 Å². The molecule has 13 heteroatoms. The van der Waals surface area contributed by atoms with Crippen molar-refractivity contribution in [3.8, 4) is 11.3 Å². The maximum Gasteiger partial charge on any atom is 0.390 e. The number of aryl methyl sites for hydroxylation is 2. The molecular formula is C23H23F3N8OS. The summed E-state index contributed by atoms with van der Waals surface area (Å²) in [4.78, 5) is 17.0. The second kappa shape index (κ2) is 9.45. The molecule has 5 rings (SSSR count). The number of amides is 1. The molecule has 0 bridgehead atoms. The molecule has 3 aromatic heterocycles. The number of alkyl halides is 3. The topological polar surface area (TPSA) is 102 Å². The van der Waals surface area contributed by atoms with Gasteiger partial charge in [0.1, 0.15) is 11.4 Å². The summed E-state index contributed by atoms with van der Waals surface area (Å²) >= 11 is 1.23. The second-order valence-electron chi connectivity index (χ2n) is 8.67. The first kappa shape index (κ1) is 24.1. The normalized spacial score (nSPS) is 13.8. The summed E-state index contributed by atoms with van der Waals surface area (Å²) in [6.45, 7) is 1.56. The summed E-state index contributed by atoms with van der Waals surface area (Å²) in [5.74, 6) is -0.101. The molecule has 1 aliphatic rings. The van der Waals surface area contributed by atoms with Crippen molar-refractivity contribution in [1.29, 1.82) is 0 Å². The van der Waals surface area contributed by atoms with E-state index in [1.807, 2.05) is 19.1 Å². The van der Waals surface area contributed by atoms with Crippen LogP contribution in [-0.4, -0.2) is 54.0 Å². The van der Waals surface area contributed by atoms with E-state index in [1.54, 1.807) is 40.8 Å². The van der Waals surface area contributed by atoms with E-state index in [1.165, 1.54) is 11.8 Å². The highest BCUT2D eigenvalue weighted by Gasteiger charge is 2.27. The molecule has 0 spiro atoms. The zero-order valence-electron chi connectivity index (χ0n) is 19.5. The number of carbonyl (C=O) groups is 1. The van der Waals surface area contributed by atoms with Crippen LogP contribution in [0.5, 0.6) is 0 Å². The van der Waals surface area contributed by atoms with E-state index >= 15 is 0 Å². The van der Waals surface area contributed by atoms with Crippen LogP contribution in [0, 0.1) is 6.92 Å². The average molecular weight is 517 g/mol. The van der Waals surface area contributed by atoms with E-state index in [-0.39, 0.29) is 18.5 Å². The van der Waals surface area contributed by atoms with E-state index in [0.717, 1.165) is 24.0 Å². The fourth-order valence-corrected chi connectivity index (χ4v) is 4.45. The number of aromatic nitrogens is 6. The number of hydrogen-bond donors (Lipinski definition) is 2. The van der Waals surface area contributed by atoms with E-state index in [9.17, 15) is 18.0 Å². The number of carbonyl (C=O) groups excluding carboxylic acids is 1. The minimum absolute atomic E-state index is 0.101. The molecule has 9 nitrogen and oxygen atoms in total. The number of halogens is 3. The summed E-state index contributed by atoms with van der Waals surface area (Å²) in [6, 6.07) is 7.37. The Morgan fingerprint density at radius 3 is 2.72 bits per heavy atom.